The van der Waals surface area contributed by atoms with Crippen LogP contribution in [0.15, 0.2) is 54.6 Å². The van der Waals surface area contributed by atoms with Crippen molar-refractivity contribution in [3.05, 3.63) is 82.5 Å². The molecule has 2 heterocycles. The largest absolute Gasteiger partial charge is 0.305 e. The van der Waals surface area contributed by atoms with Gasteiger partial charge >= 0.3 is 0 Å². The number of aromatic nitrogens is 2. The van der Waals surface area contributed by atoms with Gasteiger partial charge in [-0.3, -0.25) is 9.89 Å². The van der Waals surface area contributed by atoms with Crippen molar-refractivity contribution in [1.29, 1.82) is 0 Å². The molecule has 162 valence electrons. The van der Waals surface area contributed by atoms with Crippen molar-refractivity contribution in [1.82, 2.24) is 14.5 Å². The van der Waals surface area contributed by atoms with Crippen molar-refractivity contribution >= 4 is 21.7 Å². The second-order valence-electron chi connectivity index (χ2n) is 8.82. The van der Waals surface area contributed by atoms with E-state index >= 15 is 0 Å². The second-order valence-corrected chi connectivity index (χ2v) is 10.8. The molecule has 0 radical (unpaired) electrons. The number of aromatic amines is 1. The van der Waals surface area contributed by atoms with E-state index in [1.807, 2.05) is 30.3 Å². The minimum Gasteiger partial charge on any atom is -0.305 e. The van der Waals surface area contributed by atoms with Crippen LogP contribution in [0.25, 0.3) is 0 Å². The zero-order valence-electron chi connectivity index (χ0n) is 17.8. The monoisotopic (exact) mass is 438 g/mol. The lowest BCUT2D eigenvalue weighted by atomic mass is 9.87. The number of nitrogens with zero attached hydrogens (tertiary/aromatic N) is 2. The van der Waals surface area contributed by atoms with Crippen molar-refractivity contribution in [2.24, 2.45) is 0 Å². The number of fused-ring (bicyclic) bond motifs is 1. The molecular weight excluding hydrogens is 412 g/mol. The summed E-state index contributed by atoms with van der Waals surface area (Å²) in [7, 11) is -3.49. The van der Waals surface area contributed by atoms with E-state index in [2.05, 4.69) is 36.3 Å². The number of hydrogen-bond acceptors (Lipinski definition) is 4. The number of sulfonamides is 1. The summed E-state index contributed by atoms with van der Waals surface area (Å²) >= 11 is 0. The van der Waals surface area contributed by atoms with Gasteiger partial charge in [0.15, 0.2) is 5.82 Å². The van der Waals surface area contributed by atoms with Gasteiger partial charge in [0, 0.05) is 17.7 Å². The van der Waals surface area contributed by atoms with Crippen LogP contribution in [0.1, 0.15) is 53.5 Å². The van der Waals surface area contributed by atoms with Crippen LogP contribution in [0.3, 0.4) is 0 Å². The SMILES string of the molecule is CC(C)(C)c1ccc(C(=O)Nc2n[nH]c3c2CN(S(=O)(=O)Cc2ccccc2)C3)cc1. The zero-order chi connectivity index (χ0) is 22.2. The molecule has 1 aliphatic rings. The molecule has 0 atom stereocenters. The molecule has 2 aromatic carbocycles. The third kappa shape index (κ3) is 4.55. The average molecular weight is 439 g/mol. The number of nitrogens with one attached hydrogen (secondary N) is 2. The number of rotatable bonds is 5. The molecule has 0 unspecified atom stereocenters. The Morgan fingerprint density at radius 3 is 2.39 bits per heavy atom. The zero-order valence-corrected chi connectivity index (χ0v) is 18.7. The Morgan fingerprint density at radius 1 is 1.06 bits per heavy atom. The number of amides is 1. The van der Waals surface area contributed by atoms with Gasteiger partial charge in [-0.2, -0.15) is 9.40 Å². The molecular formula is C23H26N4O3S. The Hall–Kier alpha value is -2.97. The molecule has 1 aliphatic heterocycles. The second kappa shape index (κ2) is 7.94. The van der Waals surface area contributed by atoms with E-state index in [4.69, 9.17) is 0 Å². The van der Waals surface area contributed by atoms with Gasteiger partial charge in [-0.05, 0) is 28.7 Å². The van der Waals surface area contributed by atoms with Gasteiger partial charge in [0.2, 0.25) is 10.0 Å². The maximum absolute atomic E-state index is 12.8. The van der Waals surface area contributed by atoms with E-state index in [1.165, 1.54) is 4.31 Å². The molecule has 0 aliphatic carbocycles. The highest BCUT2D eigenvalue weighted by Gasteiger charge is 2.33. The standard InChI is InChI=1S/C23H26N4O3S/c1-23(2,3)18-11-9-17(10-12-18)22(28)24-21-19-13-27(14-20(19)25-26-21)31(29,30)15-16-7-5-4-6-8-16/h4-12H,13-15H2,1-3H3,(H2,24,25,26,28). The molecule has 2 N–H and O–H groups in total. The van der Waals surface area contributed by atoms with E-state index in [1.54, 1.807) is 24.3 Å². The summed E-state index contributed by atoms with van der Waals surface area (Å²) in [6.07, 6.45) is 0. The van der Waals surface area contributed by atoms with Crippen LogP contribution in [0, 0.1) is 0 Å². The molecule has 0 spiro atoms. The molecule has 8 heteroatoms. The molecule has 1 amide bonds. The molecule has 3 aromatic rings. The Morgan fingerprint density at radius 2 is 1.74 bits per heavy atom. The fraction of sp³-hybridized carbons (Fsp3) is 0.304. The van der Waals surface area contributed by atoms with Crippen LogP contribution in [-0.2, 0) is 34.3 Å². The molecule has 0 bridgehead atoms. The number of carbonyl (C=O) groups is 1. The van der Waals surface area contributed by atoms with Crippen molar-refractivity contribution in [2.75, 3.05) is 5.32 Å². The summed E-state index contributed by atoms with van der Waals surface area (Å²) in [4.78, 5) is 12.7. The number of benzene rings is 2. The summed E-state index contributed by atoms with van der Waals surface area (Å²) in [5.74, 6) is 0.0329. The Labute approximate surface area is 182 Å². The van der Waals surface area contributed by atoms with Gasteiger partial charge in [0.05, 0.1) is 18.0 Å². The first-order valence-electron chi connectivity index (χ1n) is 10.1. The highest BCUT2D eigenvalue weighted by atomic mass is 32.2. The summed E-state index contributed by atoms with van der Waals surface area (Å²) in [6, 6.07) is 16.6. The summed E-state index contributed by atoms with van der Waals surface area (Å²) < 4.78 is 27.1. The predicted molar refractivity (Wildman–Crippen MR) is 120 cm³/mol. The molecule has 0 saturated carbocycles. The van der Waals surface area contributed by atoms with Gasteiger partial charge in [0.25, 0.3) is 5.91 Å². The van der Waals surface area contributed by atoms with Crippen molar-refractivity contribution in [2.45, 2.75) is 45.0 Å². The van der Waals surface area contributed by atoms with E-state index in [9.17, 15) is 13.2 Å². The van der Waals surface area contributed by atoms with Gasteiger partial charge in [-0.15, -0.1) is 0 Å². The van der Waals surface area contributed by atoms with Crippen LogP contribution in [0.2, 0.25) is 0 Å². The van der Waals surface area contributed by atoms with Crippen LogP contribution >= 0.6 is 0 Å². The normalized spacial score (nSPS) is 14.4. The fourth-order valence-corrected chi connectivity index (χ4v) is 5.04. The van der Waals surface area contributed by atoms with Crippen LogP contribution in [0.5, 0.6) is 0 Å². The minimum absolute atomic E-state index is 0.00667. The third-order valence-electron chi connectivity index (χ3n) is 5.45. The highest BCUT2D eigenvalue weighted by Crippen LogP contribution is 2.30. The van der Waals surface area contributed by atoms with Crippen molar-refractivity contribution in [3.63, 3.8) is 0 Å². The maximum atomic E-state index is 12.8. The molecule has 7 nitrogen and oxygen atoms in total. The number of carbonyl (C=O) groups excluding carboxylic acids is 1. The Bertz CT molecular complexity index is 1190. The van der Waals surface area contributed by atoms with Crippen LogP contribution < -0.4 is 5.32 Å². The van der Waals surface area contributed by atoms with Gasteiger partial charge in [-0.25, -0.2) is 8.42 Å². The summed E-state index contributed by atoms with van der Waals surface area (Å²) in [5, 5.41) is 9.87. The van der Waals surface area contributed by atoms with Gasteiger partial charge < -0.3 is 5.32 Å². The first-order chi connectivity index (χ1) is 14.6. The maximum Gasteiger partial charge on any atom is 0.256 e. The van der Waals surface area contributed by atoms with E-state index in [0.29, 0.717) is 22.6 Å². The lowest BCUT2D eigenvalue weighted by molar-refractivity contribution is 0.102. The third-order valence-corrected chi connectivity index (χ3v) is 7.20. The topological polar surface area (TPSA) is 95.2 Å². The minimum atomic E-state index is -3.49. The molecule has 0 fully saturated rings. The molecule has 4 rings (SSSR count). The van der Waals surface area contributed by atoms with Crippen molar-refractivity contribution in [3.8, 4) is 0 Å². The predicted octanol–water partition coefficient (Wildman–Crippen LogP) is 3.81. The lowest BCUT2D eigenvalue weighted by Gasteiger charge is -2.19. The van der Waals surface area contributed by atoms with E-state index < -0.39 is 10.0 Å². The summed E-state index contributed by atoms with van der Waals surface area (Å²) in [6.45, 7) is 6.75. The molecule has 31 heavy (non-hydrogen) atoms. The van der Waals surface area contributed by atoms with E-state index in [-0.39, 0.29) is 30.2 Å². The molecule has 1 aromatic heterocycles. The highest BCUT2D eigenvalue weighted by molar-refractivity contribution is 7.88. The smallest absolute Gasteiger partial charge is 0.256 e. The summed E-state index contributed by atoms with van der Waals surface area (Å²) in [5.41, 5.74) is 3.82. The number of hydrogen-bond donors (Lipinski definition) is 2. The number of anilines is 1. The Kier molecular flexibility index (Phi) is 5.45. The van der Waals surface area contributed by atoms with Gasteiger partial charge in [-0.1, -0.05) is 63.2 Å². The Balaban J connectivity index is 1.46. The molecule has 0 saturated heterocycles. The van der Waals surface area contributed by atoms with Crippen molar-refractivity contribution < 1.29 is 13.2 Å². The first-order valence-corrected chi connectivity index (χ1v) is 11.7. The van der Waals surface area contributed by atoms with Crippen LogP contribution in [0.4, 0.5) is 5.82 Å². The van der Waals surface area contributed by atoms with E-state index in [0.717, 1.165) is 11.1 Å². The quantitative estimate of drug-likeness (QED) is 0.633. The van der Waals surface area contributed by atoms with Gasteiger partial charge in [0.1, 0.15) is 0 Å². The number of H-pyrrole nitrogens is 1. The first kappa shape index (κ1) is 21.3. The van der Waals surface area contributed by atoms with Crippen LogP contribution in [-0.4, -0.2) is 28.8 Å². The fourth-order valence-electron chi connectivity index (χ4n) is 3.59. The average Bonchev–Trinajstić information content (AvgIpc) is 3.30. The lowest BCUT2D eigenvalue weighted by Crippen LogP contribution is -2.27.